The maximum atomic E-state index is 12.2. The fraction of sp³-hybridized carbons (Fsp3) is 0.538. The number of halogens is 1. The van der Waals surface area contributed by atoms with Crippen molar-refractivity contribution in [3.8, 4) is 0 Å². The number of hydrogen-bond donors (Lipinski definition) is 2. The van der Waals surface area contributed by atoms with E-state index in [1.165, 1.54) is 12.3 Å². The van der Waals surface area contributed by atoms with Gasteiger partial charge in [0, 0.05) is 12.6 Å². The highest BCUT2D eigenvalue weighted by atomic mass is 35.5. The number of amides is 1. The first-order valence-electron chi connectivity index (χ1n) is 6.18. The van der Waals surface area contributed by atoms with Gasteiger partial charge in [-0.15, -0.1) is 0 Å². The minimum atomic E-state index is -0.245. The highest BCUT2D eigenvalue weighted by Gasteiger charge is 2.20. The average molecular weight is 285 g/mol. The fourth-order valence-corrected chi connectivity index (χ4v) is 1.88. The van der Waals surface area contributed by atoms with Gasteiger partial charge in [0.05, 0.1) is 17.4 Å². The third-order valence-corrected chi connectivity index (χ3v) is 3.09. The number of nitrogens with one attached hydrogen (secondary N) is 1. The second-order valence-corrected chi connectivity index (χ2v) is 5.55. The number of carbonyl (C=O) groups is 1. The van der Waals surface area contributed by atoms with E-state index in [2.05, 4.69) is 24.1 Å². The highest BCUT2D eigenvalue weighted by Crippen LogP contribution is 2.16. The number of likely N-dealkylation sites (N-methyl/N-ethyl adjacent to an activating group) is 1. The third-order valence-electron chi connectivity index (χ3n) is 2.79. The van der Waals surface area contributed by atoms with Crippen LogP contribution in [-0.4, -0.2) is 42.5 Å². The van der Waals surface area contributed by atoms with Crippen molar-refractivity contribution in [2.45, 2.75) is 19.9 Å². The molecule has 1 aromatic rings. The average Bonchev–Trinajstić information content (AvgIpc) is 2.30. The van der Waals surface area contributed by atoms with E-state index in [-0.39, 0.29) is 17.1 Å². The first-order valence-corrected chi connectivity index (χ1v) is 6.55. The van der Waals surface area contributed by atoms with E-state index in [0.717, 1.165) is 6.54 Å². The summed E-state index contributed by atoms with van der Waals surface area (Å²) in [5.74, 6) is 0.0736. The molecule has 0 spiro atoms. The molecule has 1 amide bonds. The first-order chi connectivity index (χ1) is 8.81. The molecule has 0 aliphatic carbocycles. The third kappa shape index (κ3) is 4.69. The molecule has 0 aliphatic rings. The van der Waals surface area contributed by atoms with Crippen molar-refractivity contribution in [3.63, 3.8) is 0 Å². The van der Waals surface area contributed by atoms with Gasteiger partial charge in [0.2, 0.25) is 0 Å². The van der Waals surface area contributed by atoms with Crippen LogP contribution in [0.25, 0.3) is 0 Å². The highest BCUT2D eigenvalue weighted by molar-refractivity contribution is 6.32. The molecule has 6 heteroatoms. The monoisotopic (exact) mass is 284 g/mol. The van der Waals surface area contributed by atoms with Crippen molar-refractivity contribution < 1.29 is 4.79 Å². The Bertz CT molecular complexity index is 448. The molecule has 1 rings (SSSR count). The second kappa shape index (κ2) is 6.73. The van der Waals surface area contributed by atoms with Crippen LogP contribution in [0.1, 0.15) is 24.2 Å². The van der Waals surface area contributed by atoms with Crippen LogP contribution in [-0.2, 0) is 0 Å². The quantitative estimate of drug-likeness (QED) is 0.806. The summed E-state index contributed by atoms with van der Waals surface area (Å²) in [7, 11) is 3.94. The molecule has 1 atom stereocenters. The van der Waals surface area contributed by atoms with E-state index in [9.17, 15) is 4.79 Å². The lowest BCUT2D eigenvalue weighted by Crippen LogP contribution is -2.45. The van der Waals surface area contributed by atoms with Crippen LogP contribution in [0.4, 0.5) is 5.69 Å². The van der Waals surface area contributed by atoms with Crippen molar-refractivity contribution in [2.24, 2.45) is 5.92 Å². The standard InChI is InChI=1S/C13H21ClN4O/c1-8(2)11(7-18(3)4)17-13(19)10-5-9(15)6-16-12(10)14/h5-6,8,11H,7,15H2,1-4H3,(H,17,19). The molecule has 19 heavy (non-hydrogen) atoms. The number of nitrogens with zero attached hydrogens (tertiary/aromatic N) is 2. The lowest BCUT2D eigenvalue weighted by molar-refractivity contribution is 0.0916. The van der Waals surface area contributed by atoms with Gasteiger partial charge in [-0.2, -0.15) is 0 Å². The number of carbonyl (C=O) groups excluding carboxylic acids is 1. The van der Waals surface area contributed by atoms with E-state index in [0.29, 0.717) is 17.2 Å². The zero-order valence-electron chi connectivity index (χ0n) is 11.8. The van der Waals surface area contributed by atoms with Gasteiger partial charge in [-0.05, 0) is 26.1 Å². The molecule has 0 fully saturated rings. The Labute approximate surface area is 119 Å². The summed E-state index contributed by atoms with van der Waals surface area (Å²) in [4.78, 5) is 18.1. The van der Waals surface area contributed by atoms with E-state index >= 15 is 0 Å². The van der Waals surface area contributed by atoms with Gasteiger partial charge in [0.15, 0.2) is 0 Å². The summed E-state index contributed by atoms with van der Waals surface area (Å²) >= 11 is 5.92. The maximum absolute atomic E-state index is 12.2. The molecule has 0 aromatic carbocycles. The largest absolute Gasteiger partial charge is 0.397 e. The Morgan fingerprint density at radius 2 is 2.16 bits per heavy atom. The zero-order valence-corrected chi connectivity index (χ0v) is 12.5. The topological polar surface area (TPSA) is 71.2 Å². The Kier molecular flexibility index (Phi) is 5.57. The number of aromatic nitrogens is 1. The normalized spacial score (nSPS) is 12.8. The van der Waals surface area contributed by atoms with Gasteiger partial charge < -0.3 is 16.0 Å². The molecule has 0 saturated carbocycles. The summed E-state index contributed by atoms with van der Waals surface area (Å²) in [6, 6.07) is 1.58. The van der Waals surface area contributed by atoms with Crippen LogP contribution >= 0.6 is 11.6 Å². The summed E-state index contributed by atoms with van der Waals surface area (Å²) in [5.41, 5.74) is 6.36. The SMILES string of the molecule is CC(C)C(CN(C)C)NC(=O)c1cc(N)cnc1Cl. The number of nitrogens with two attached hydrogens (primary N) is 1. The van der Waals surface area contributed by atoms with E-state index < -0.39 is 0 Å². The molecule has 106 valence electrons. The van der Waals surface area contributed by atoms with Gasteiger partial charge in [0.1, 0.15) is 5.15 Å². The van der Waals surface area contributed by atoms with E-state index in [1.54, 1.807) is 0 Å². The molecule has 0 saturated heterocycles. The molecular formula is C13H21ClN4O. The molecule has 1 aromatic heterocycles. The smallest absolute Gasteiger partial charge is 0.254 e. The summed E-state index contributed by atoms with van der Waals surface area (Å²) in [5, 5.41) is 3.14. The molecular weight excluding hydrogens is 264 g/mol. The molecule has 0 bridgehead atoms. The van der Waals surface area contributed by atoms with Crippen LogP contribution in [0.2, 0.25) is 5.15 Å². The van der Waals surface area contributed by atoms with E-state index in [1.807, 2.05) is 19.0 Å². The van der Waals surface area contributed by atoms with Gasteiger partial charge in [0.25, 0.3) is 5.91 Å². The van der Waals surface area contributed by atoms with Crippen molar-refractivity contribution in [3.05, 3.63) is 23.0 Å². The minimum absolute atomic E-state index is 0.0417. The van der Waals surface area contributed by atoms with Gasteiger partial charge in [-0.1, -0.05) is 25.4 Å². The lowest BCUT2D eigenvalue weighted by atomic mass is 10.0. The lowest BCUT2D eigenvalue weighted by Gasteiger charge is -2.25. The Hall–Kier alpha value is -1.33. The van der Waals surface area contributed by atoms with Crippen molar-refractivity contribution in [1.29, 1.82) is 0 Å². The van der Waals surface area contributed by atoms with Crippen LogP contribution in [0.15, 0.2) is 12.3 Å². The molecule has 0 radical (unpaired) electrons. The zero-order chi connectivity index (χ0) is 14.6. The van der Waals surface area contributed by atoms with Crippen LogP contribution in [0.5, 0.6) is 0 Å². The summed E-state index contributed by atoms with van der Waals surface area (Å²) < 4.78 is 0. The molecule has 5 nitrogen and oxygen atoms in total. The van der Waals surface area contributed by atoms with Crippen LogP contribution < -0.4 is 11.1 Å². The predicted octanol–water partition coefficient (Wildman–Crippen LogP) is 1.63. The van der Waals surface area contributed by atoms with Crippen molar-refractivity contribution in [2.75, 3.05) is 26.4 Å². The van der Waals surface area contributed by atoms with Gasteiger partial charge in [-0.25, -0.2) is 4.98 Å². The number of nitrogen functional groups attached to an aromatic ring is 1. The van der Waals surface area contributed by atoms with Crippen LogP contribution in [0, 0.1) is 5.92 Å². The maximum Gasteiger partial charge on any atom is 0.254 e. The Balaban J connectivity index is 2.84. The van der Waals surface area contributed by atoms with Gasteiger partial charge >= 0.3 is 0 Å². The molecule has 0 aliphatic heterocycles. The van der Waals surface area contributed by atoms with Crippen molar-refractivity contribution >= 4 is 23.2 Å². The van der Waals surface area contributed by atoms with Crippen molar-refractivity contribution in [1.82, 2.24) is 15.2 Å². The number of rotatable bonds is 5. The minimum Gasteiger partial charge on any atom is -0.397 e. The summed E-state index contributed by atoms with van der Waals surface area (Å²) in [6.07, 6.45) is 1.43. The fourth-order valence-electron chi connectivity index (χ4n) is 1.69. The Morgan fingerprint density at radius 3 is 2.68 bits per heavy atom. The van der Waals surface area contributed by atoms with E-state index in [4.69, 9.17) is 17.3 Å². The number of pyridine rings is 1. The molecule has 3 N–H and O–H groups in total. The molecule has 1 unspecified atom stereocenters. The predicted molar refractivity (Wildman–Crippen MR) is 78.3 cm³/mol. The first kappa shape index (κ1) is 15.7. The van der Waals surface area contributed by atoms with Gasteiger partial charge in [-0.3, -0.25) is 4.79 Å². The van der Waals surface area contributed by atoms with Crippen LogP contribution in [0.3, 0.4) is 0 Å². The number of anilines is 1. The Morgan fingerprint density at radius 1 is 1.53 bits per heavy atom. The number of hydrogen-bond acceptors (Lipinski definition) is 4. The molecule has 1 heterocycles. The second-order valence-electron chi connectivity index (χ2n) is 5.19. The summed E-state index contributed by atoms with van der Waals surface area (Å²) in [6.45, 7) is 4.89.